The molecule has 0 aromatic heterocycles. The zero-order chi connectivity index (χ0) is 12.1. The summed E-state index contributed by atoms with van der Waals surface area (Å²) in [4.78, 5) is 0. The zero-order valence-electron chi connectivity index (χ0n) is 9.56. The van der Waals surface area contributed by atoms with E-state index in [1.54, 1.807) is 12.1 Å². The maximum atomic E-state index is 12.7. The number of hydrogen-bond acceptors (Lipinski definition) is 1. The molecular weight excluding hydrogens is 215 g/mol. The molecule has 0 spiro atoms. The molecule has 2 aromatic carbocycles. The summed E-state index contributed by atoms with van der Waals surface area (Å²) in [5, 5.41) is 0. The molecule has 2 heteroatoms. The lowest BCUT2D eigenvalue weighted by molar-refractivity contribution is 0.480. The first-order valence-corrected chi connectivity index (χ1v) is 5.44. The summed E-state index contributed by atoms with van der Waals surface area (Å²) in [6.07, 6.45) is 4.00. The average Bonchev–Trinajstić information content (AvgIpc) is 2.35. The summed E-state index contributed by atoms with van der Waals surface area (Å²) in [6.45, 7) is 1.98. The molecule has 0 unspecified atom stereocenters. The third-order valence-electron chi connectivity index (χ3n) is 2.29. The fourth-order valence-corrected chi connectivity index (χ4v) is 1.48. The minimum Gasteiger partial charge on any atom is -0.457 e. The SMILES string of the molecule is C/C=C/c1ccc(Oc2ccc(F)cc2)cc1. The molecule has 0 heterocycles. The van der Waals surface area contributed by atoms with Crippen molar-refractivity contribution in [1.29, 1.82) is 0 Å². The molecule has 0 radical (unpaired) electrons. The summed E-state index contributed by atoms with van der Waals surface area (Å²) >= 11 is 0. The van der Waals surface area contributed by atoms with E-state index in [-0.39, 0.29) is 5.82 Å². The second-order valence-corrected chi connectivity index (χ2v) is 3.63. The summed E-state index contributed by atoms with van der Waals surface area (Å²) in [7, 11) is 0. The molecule has 0 saturated heterocycles. The number of halogens is 1. The van der Waals surface area contributed by atoms with Crippen molar-refractivity contribution in [3.8, 4) is 11.5 Å². The summed E-state index contributed by atoms with van der Waals surface area (Å²) < 4.78 is 18.3. The Morgan fingerprint density at radius 3 is 1.94 bits per heavy atom. The molecule has 1 nitrogen and oxygen atoms in total. The first kappa shape index (κ1) is 11.4. The van der Waals surface area contributed by atoms with Gasteiger partial charge in [0, 0.05) is 0 Å². The van der Waals surface area contributed by atoms with Gasteiger partial charge in [0.25, 0.3) is 0 Å². The highest BCUT2D eigenvalue weighted by Crippen LogP contribution is 2.22. The van der Waals surface area contributed by atoms with Crippen LogP contribution in [0.25, 0.3) is 6.08 Å². The van der Waals surface area contributed by atoms with E-state index in [0.29, 0.717) is 5.75 Å². The van der Waals surface area contributed by atoms with Crippen LogP contribution >= 0.6 is 0 Å². The van der Waals surface area contributed by atoms with Crippen LogP contribution in [0, 0.1) is 5.82 Å². The first-order valence-electron chi connectivity index (χ1n) is 5.44. The van der Waals surface area contributed by atoms with Gasteiger partial charge in [-0.15, -0.1) is 0 Å². The summed E-state index contributed by atoms with van der Waals surface area (Å²) in [5.41, 5.74) is 1.12. The molecule has 0 N–H and O–H groups in total. The highest BCUT2D eigenvalue weighted by Gasteiger charge is 1.97. The van der Waals surface area contributed by atoms with E-state index in [9.17, 15) is 4.39 Å². The molecule has 17 heavy (non-hydrogen) atoms. The van der Waals surface area contributed by atoms with Crippen molar-refractivity contribution < 1.29 is 9.13 Å². The Kier molecular flexibility index (Phi) is 3.55. The quantitative estimate of drug-likeness (QED) is 0.742. The van der Waals surface area contributed by atoms with Crippen LogP contribution < -0.4 is 4.74 Å². The Bertz CT molecular complexity index is 497. The lowest BCUT2D eigenvalue weighted by Crippen LogP contribution is -1.84. The smallest absolute Gasteiger partial charge is 0.127 e. The fraction of sp³-hybridized carbons (Fsp3) is 0.0667. The fourth-order valence-electron chi connectivity index (χ4n) is 1.48. The molecule has 0 fully saturated rings. The Morgan fingerprint density at radius 2 is 1.41 bits per heavy atom. The molecule has 2 rings (SSSR count). The minimum atomic E-state index is -0.263. The van der Waals surface area contributed by atoms with Gasteiger partial charge in [0.2, 0.25) is 0 Å². The Balaban J connectivity index is 2.11. The number of ether oxygens (including phenoxy) is 1. The highest BCUT2D eigenvalue weighted by atomic mass is 19.1. The van der Waals surface area contributed by atoms with E-state index in [4.69, 9.17) is 4.74 Å². The van der Waals surface area contributed by atoms with E-state index in [1.807, 2.05) is 43.3 Å². The van der Waals surface area contributed by atoms with E-state index in [0.717, 1.165) is 11.3 Å². The Morgan fingerprint density at radius 1 is 0.882 bits per heavy atom. The van der Waals surface area contributed by atoms with E-state index in [2.05, 4.69) is 0 Å². The van der Waals surface area contributed by atoms with Gasteiger partial charge in [0.15, 0.2) is 0 Å². The number of allylic oxidation sites excluding steroid dienone is 1. The number of hydrogen-bond donors (Lipinski definition) is 0. The van der Waals surface area contributed by atoms with Gasteiger partial charge in [-0.1, -0.05) is 24.3 Å². The standard InChI is InChI=1S/C15H13FO/c1-2-3-12-4-8-14(9-5-12)17-15-10-6-13(16)7-11-15/h2-11H,1H3/b3-2+. The van der Waals surface area contributed by atoms with Gasteiger partial charge in [0.05, 0.1) is 0 Å². The van der Waals surface area contributed by atoms with Gasteiger partial charge in [0.1, 0.15) is 17.3 Å². The van der Waals surface area contributed by atoms with E-state index >= 15 is 0 Å². The van der Waals surface area contributed by atoms with Crippen molar-refractivity contribution in [2.24, 2.45) is 0 Å². The van der Waals surface area contributed by atoms with Gasteiger partial charge in [-0.3, -0.25) is 0 Å². The van der Waals surface area contributed by atoms with Crippen molar-refractivity contribution in [3.05, 3.63) is 66.0 Å². The van der Waals surface area contributed by atoms with Crippen molar-refractivity contribution in [2.45, 2.75) is 6.92 Å². The molecular formula is C15H13FO. The maximum absolute atomic E-state index is 12.7. The van der Waals surface area contributed by atoms with Crippen molar-refractivity contribution in [1.82, 2.24) is 0 Å². The largest absolute Gasteiger partial charge is 0.457 e. The van der Waals surface area contributed by atoms with Crippen LogP contribution in [0.15, 0.2) is 54.6 Å². The van der Waals surface area contributed by atoms with Crippen LogP contribution in [0.3, 0.4) is 0 Å². The second-order valence-electron chi connectivity index (χ2n) is 3.63. The third-order valence-corrected chi connectivity index (χ3v) is 2.29. The zero-order valence-corrected chi connectivity index (χ0v) is 9.56. The summed E-state index contributed by atoms with van der Waals surface area (Å²) in [6, 6.07) is 13.7. The van der Waals surface area contributed by atoms with E-state index < -0.39 is 0 Å². The van der Waals surface area contributed by atoms with Gasteiger partial charge < -0.3 is 4.74 Å². The van der Waals surface area contributed by atoms with Crippen LogP contribution in [0.5, 0.6) is 11.5 Å². The molecule has 0 amide bonds. The lowest BCUT2D eigenvalue weighted by Gasteiger charge is -2.05. The molecule has 86 valence electrons. The molecule has 0 saturated carbocycles. The van der Waals surface area contributed by atoms with Crippen LogP contribution in [-0.4, -0.2) is 0 Å². The van der Waals surface area contributed by atoms with Crippen molar-refractivity contribution in [3.63, 3.8) is 0 Å². The highest BCUT2D eigenvalue weighted by molar-refractivity contribution is 5.50. The van der Waals surface area contributed by atoms with E-state index in [1.165, 1.54) is 12.1 Å². The predicted molar refractivity (Wildman–Crippen MR) is 67.6 cm³/mol. The molecule has 0 aliphatic rings. The predicted octanol–water partition coefficient (Wildman–Crippen LogP) is 4.65. The monoisotopic (exact) mass is 228 g/mol. The van der Waals surface area contributed by atoms with Crippen LogP contribution in [-0.2, 0) is 0 Å². The average molecular weight is 228 g/mol. The second kappa shape index (κ2) is 5.30. The molecule has 2 aromatic rings. The summed E-state index contributed by atoms with van der Waals surface area (Å²) in [5.74, 6) is 1.11. The van der Waals surface area contributed by atoms with Gasteiger partial charge in [-0.05, 0) is 48.9 Å². The molecule has 0 aliphatic heterocycles. The Hall–Kier alpha value is -2.09. The van der Waals surface area contributed by atoms with Crippen molar-refractivity contribution >= 4 is 6.08 Å². The van der Waals surface area contributed by atoms with Crippen LogP contribution in [0.1, 0.15) is 12.5 Å². The third kappa shape index (κ3) is 3.18. The number of benzene rings is 2. The molecule has 0 atom stereocenters. The van der Waals surface area contributed by atoms with Gasteiger partial charge >= 0.3 is 0 Å². The number of rotatable bonds is 3. The minimum absolute atomic E-state index is 0.263. The van der Waals surface area contributed by atoms with Gasteiger partial charge in [-0.25, -0.2) is 4.39 Å². The molecule has 0 bridgehead atoms. The van der Waals surface area contributed by atoms with Gasteiger partial charge in [-0.2, -0.15) is 0 Å². The van der Waals surface area contributed by atoms with Crippen LogP contribution in [0.2, 0.25) is 0 Å². The van der Waals surface area contributed by atoms with Crippen molar-refractivity contribution in [2.75, 3.05) is 0 Å². The van der Waals surface area contributed by atoms with Crippen LogP contribution in [0.4, 0.5) is 4.39 Å². The topological polar surface area (TPSA) is 9.23 Å². The first-order chi connectivity index (χ1) is 8.28. The normalized spacial score (nSPS) is 10.7. The molecule has 0 aliphatic carbocycles. The maximum Gasteiger partial charge on any atom is 0.127 e. The Labute approximate surface area is 100 Å². The lowest BCUT2D eigenvalue weighted by atomic mass is 10.2.